The van der Waals surface area contributed by atoms with Crippen molar-refractivity contribution in [3.63, 3.8) is 0 Å². The van der Waals surface area contributed by atoms with Crippen LogP contribution >= 0.6 is 0 Å². The summed E-state index contributed by atoms with van der Waals surface area (Å²) < 4.78 is 5.52. The third-order valence-electron chi connectivity index (χ3n) is 4.87. The van der Waals surface area contributed by atoms with Crippen molar-refractivity contribution in [2.45, 2.75) is 63.6 Å². The molecule has 1 aliphatic heterocycles. The van der Waals surface area contributed by atoms with Gasteiger partial charge in [0, 0.05) is 12.1 Å². The van der Waals surface area contributed by atoms with Gasteiger partial charge in [-0.15, -0.1) is 0 Å². The van der Waals surface area contributed by atoms with Crippen molar-refractivity contribution in [2.24, 2.45) is 5.92 Å². The normalized spacial score (nSPS) is 33.4. The maximum atomic E-state index is 5.52. The molecule has 3 rings (SSSR count). The maximum Gasteiger partial charge on any atom is 0.120 e. The molecule has 0 aromatic carbocycles. The summed E-state index contributed by atoms with van der Waals surface area (Å²) in [6.45, 7) is 3.42. The molecule has 4 atom stereocenters. The van der Waals surface area contributed by atoms with Crippen molar-refractivity contribution in [1.82, 2.24) is 10.6 Å². The Morgan fingerprint density at radius 3 is 2.89 bits per heavy atom. The Balaban J connectivity index is 1.63. The zero-order chi connectivity index (χ0) is 13.1. The Bertz CT molecular complexity index is 370. The van der Waals surface area contributed by atoms with E-state index in [9.17, 15) is 0 Å². The maximum absolute atomic E-state index is 5.52. The van der Waals surface area contributed by atoms with E-state index in [4.69, 9.17) is 4.42 Å². The molecule has 0 amide bonds. The molecule has 1 aromatic heterocycles. The Hall–Kier alpha value is -0.800. The van der Waals surface area contributed by atoms with Gasteiger partial charge >= 0.3 is 0 Å². The highest BCUT2D eigenvalue weighted by Gasteiger charge is 2.33. The van der Waals surface area contributed by atoms with Crippen LogP contribution in [-0.4, -0.2) is 18.6 Å². The topological polar surface area (TPSA) is 37.2 Å². The van der Waals surface area contributed by atoms with Gasteiger partial charge in [-0.3, -0.25) is 0 Å². The van der Waals surface area contributed by atoms with Crippen molar-refractivity contribution in [2.75, 3.05) is 6.54 Å². The fraction of sp³-hybridized carbons (Fsp3) is 0.750. The fourth-order valence-corrected chi connectivity index (χ4v) is 3.87. The minimum atomic E-state index is 0.321. The summed E-state index contributed by atoms with van der Waals surface area (Å²) in [4.78, 5) is 0. The largest absolute Gasteiger partial charge is 0.468 e. The van der Waals surface area contributed by atoms with Crippen molar-refractivity contribution in [3.8, 4) is 0 Å². The third-order valence-corrected chi connectivity index (χ3v) is 4.87. The van der Waals surface area contributed by atoms with Crippen molar-refractivity contribution >= 4 is 0 Å². The molecule has 0 radical (unpaired) electrons. The second kappa shape index (κ2) is 6.10. The van der Waals surface area contributed by atoms with Gasteiger partial charge in [0.25, 0.3) is 0 Å². The molecule has 0 spiro atoms. The Labute approximate surface area is 116 Å². The summed E-state index contributed by atoms with van der Waals surface area (Å²) in [5, 5.41) is 7.52. The molecular formula is C16H26N2O. The van der Waals surface area contributed by atoms with E-state index < -0.39 is 0 Å². The predicted octanol–water partition coefficient (Wildman–Crippen LogP) is 3.24. The Morgan fingerprint density at radius 1 is 1.26 bits per heavy atom. The number of nitrogens with one attached hydrogen (secondary N) is 2. The van der Waals surface area contributed by atoms with E-state index in [0.29, 0.717) is 12.1 Å². The fourth-order valence-electron chi connectivity index (χ4n) is 3.87. The first-order valence-electron chi connectivity index (χ1n) is 7.87. The minimum absolute atomic E-state index is 0.321. The second-order valence-electron chi connectivity index (χ2n) is 6.16. The van der Waals surface area contributed by atoms with Gasteiger partial charge in [0.15, 0.2) is 0 Å². The van der Waals surface area contributed by atoms with Crippen LogP contribution in [-0.2, 0) is 0 Å². The average Bonchev–Trinajstić information content (AvgIpc) is 3.13. The highest BCUT2D eigenvalue weighted by atomic mass is 16.3. The molecular weight excluding hydrogens is 236 g/mol. The highest BCUT2D eigenvalue weighted by molar-refractivity contribution is 5.04. The summed E-state index contributed by atoms with van der Waals surface area (Å²) in [6, 6.07) is 5.75. The van der Waals surface area contributed by atoms with Gasteiger partial charge in [-0.25, -0.2) is 0 Å². The number of hydrogen-bond acceptors (Lipinski definition) is 3. The first-order valence-corrected chi connectivity index (χ1v) is 7.87. The first-order chi connectivity index (χ1) is 9.34. The summed E-state index contributed by atoms with van der Waals surface area (Å²) in [7, 11) is 0. The molecule has 2 N–H and O–H groups in total. The third kappa shape index (κ3) is 3.03. The second-order valence-corrected chi connectivity index (χ2v) is 6.16. The summed E-state index contributed by atoms with van der Waals surface area (Å²) >= 11 is 0. The lowest BCUT2D eigenvalue weighted by atomic mass is 9.79. The summed E-state index contributed by atoms with van der Waals surface area (Å²) in [5.74, 6) is 1.86. The highest BCUT2D eigenvalue weighted by Crippen LogP contribution is 2.32. The van der Waals surface area contributed by atoms with E-state index in [1.165, 1.54) is 45.1 Å². The molecule has 2 heterocycles. The van der Waals surface area contributed by atoms with Gasteiger partial charge in [0.2, 0.25) is 0 Å². The molecule has 1 saturated carbocycles. The van der Waals surface area contributed by atoms with Crippen LogP contribution in [0.5, 0.6) is 0 Å². The monoisotopic (exact) mass is 262 g/mol. The van der Waals surface area contributed by atoms with E-state index >= 15 is 0 Å². The quantitative estimate of drug-likeness (QED) is 0.874. The molecule has 3 nitrogen and oxygen atoms in total. The Kier molecular flexibility index (Phi) is 4.24. The number of rotatable bonds is 4. The molecule has 19 heavy (non-hydrogen) atoms. The van der Waals surface area contributed by atoms with Gasteiger partial charge in [0.1, 0.15) is 5.76 Å². The summed E-state index contributed by atoms with van der Waals surface area (Å²) in [5.41, 5.74) is 0. The van der Waals surface area contributed by atoms with Gasteiger partial charge in [-0.05, 0) is 57.2 Å². The van der Waals surface area contributed by atoms with Crippen LogP contribution in [0, 0.1) is 5.92 Å². The Morgan fingerprint density at radius 2 is 2.16 bits per heavy atom. The van der Waals surface area contributed by atoms with E-state index in [1.54, 1.807) is 6.26 Å². The van der Waals surface area contributed by atoms with Crippen LogP contribution in [0.2, 0.25) is 0 Å². The predicted molar refractivity (Wildman–Crippen MR) is 77.0 cm³/mol. The van der Waals surface area contributed by atoms with Crippen molar-refractivity contribution in [1.29, 1.82) is 0 Å². The number of furan rings is 1. The lowest BCUT2D eigenvalue weighted by Gasteiger charge is -2.37. The van der Waals surface area contributed by atoms with E-state index in [2.05, 4.69) is 23.6 Å². The standard InChI is InChI=1S/C16H26N2O/c1-12(16-9-5-11-19-16)18-15-7-3-2-6-13(15)14-8-4-10-17-14/h5,9,11-15,17-18H,2-4,6-8,10H2,1H3/t12-,13?,14?,15?/m1/s1. The molecule has 0 bridgehead atoms. The molecule has 106 valence electrons. The summed E-state index contributed by atoms with van der Waals surface area (Å²) in [6.07, 6.45) is 9.93. The molecule has 1 aliphatic carbocycles. The van der Waals surface area contributed by atoms with Crippen LogP contribution in [0.15, 0.2) is 22.8 Å². The van der Waals surface area contributed by atoms with Crippen LogP contribution in [0.4, 0.5) is 0 Å². The smallest absolute Gasteiger partial charge is 0.120 e. The molecule has 2 fully saturated rings. The van der Waals surface area contributed by atoms with Crippen LogP contribution in [0.25, 0.3) is 0 Å². The minimum Gasteiger partial charge on any atom is -0.468 e. The SMILES string of the molecule is C[C@@H](NC1CCCCC1C1CCCN1)c1ccco1. The molecule has 1 aromatic rings. The average molecular weight is 262 g/mol. The van der Waals surface area contributed by atoms with E-state index in [1.807, 2.05) is 6.07 Å². The lowest BCUT2D eigenvalue weighted by Crippen LogP contribution is -2.47. The van der Waals surface area contributed by atoms with Gasteiger partial charge < -0.3 is 15.1 Å². The zero-order valence-corrected chi connectivity index (χ0v) is 11.9. The van der Waals surface area contributed by atoms with Gasteiger partial charge in [0.05, 0.1) is 12.3 Å². The number of hydrogen-bond donors (Lipinski definition) is 2. The van der Waals surface area contributed by atoms with Crippen molar-refractivity contribution in [3.05, 3.63) is 24.2 Å². The molecule has 3 unspecified atom stereocenters. The first kappa shape index (κ1) is 13.2. The zero-order valence-electron chi connectivity index (χ0n) is 11.9. The molecule has 2 aliphatic rings. The van der Waals surface area contributed by atoms with E-state index in [-0.39, 0.29) is 0 Å². The molecule has 3 heteroatoms. The molecule has 1 saturated heterocycles. The van der Waals surface area contributed by atoms with E-state index in [0.717, 1.165) is 17.7 Å². The van der Waals surface area contributed by atoms with Crippen LogP contribution in [0.3, 0.4) is 0 Å². The van der Waals surface area contributed by atoms with Crippen molar-refractivity contribution < 1.29 is 4.42 Å². The van der Waals surface area contributed by atoms with Gasteiger partial charge in [-0.2, -0.15) is 0 Å². The van der Waals surface area contributed by atoms with Gasteiger partial charge in [-0.1, -0.05) is 12.8 Å². The van der Waals surface area contributed by atoms with Crippen LogP contribution in [0.1, 0.15) is 57.3 Å². The van der Waals surface area contributed by atoms with Crippen LogP contribution < -0.4 is 10.6 Å². The lowest BCUT2D eigenvalue weighted by molar-refractivity contribution is 0.198.